The number of esters is 2. The fraction of sp³-hybridized carbons (Fsp3) is 0.857. The Kier molecular flexibility index (Phi) is 6.95. The van der Waals surface area contributed by atoms with Crippen LogP contribution in [0.15, 0.2) is 0 Å². The summed E-state index contributed by atoms with van der Waals surface area (Å²) in [5, 5.41) is 9.19. The Morgan fingerprint density at radius 1 is 1.15 bits per heavy atom. The summed E-state index contributed by atoms with van der Waals surface area (Å²) in [6.45, 7) is 5.03. The maximum absolute atomic E-state index is 11.6. The monoisotopic (exact) mass is 288 g/mol. The van der Waals surface area contributed by atoms with Gasteiger partial charge in [0.05, 0.1) is 12.7 Å². The Labute approximate surface area is 119 Å². The Bertz CT molecular complexity index is 328. The van der Waals surface area contributed by atoms with Crippen molar-refractivity contribution in [2.75, 3.05) is 6.61 Å². The van der Waals surface area contributed by atoms with Crippen LogP contribution in [0.5, 0.6) is 0 Å². The second kappa shape index (κ2) is 8.21. The van der Waals surface area contributed by atoms with Gasteiger partial charge >= 0.3 is 11.9 Å². The van der Waals surface area contributed by atoms with Crippen LogP contribution in [-0.2, 0) is 23.8 Å². The van der Waals surface area contributed by atoms with E-state index in [1.165, 1.54) is 6.92 Å². The van der Waals surface area contributed by atoms with Crippen molar-refractivity contribution in [1.82, 2.24) is 0 Å². The second-order valence-corrected chi connectivity index (χ2v) is 5.00. The van der Waals surface area contributed by atoms with Crippen molar-refractivity contribution in [2.45, 2.75) is 70.9 Å². The van der Waals surface area contributed by atoms with Crippen molar-refractivity contribution >= 4 is 11.9 Å². The standard InChI is InChI=1S/C14H24O6/c1-4-18-14(17)10(3)19-11-7-5-6-8-12(11)20-13(16)9(2)15/h9-12,15H,4-8H2,1-3H3. The molecule has 6 heteroatoms. The molecular formula is C14H24O6. The van der Waals surface area contributed by atoms with Crippen LogP contribution < -0.4 is 0 Å². The molecule has 0 radical (unpaired) electrons. The third kappa shape index (κ3) is 5.09. The molecule has 116 valence electrons. The number of carbonyl (C=O) groups excluding carboxylic acids is 2. The highest BCUT2D eigenvalue weighted by atomic mass is 16.6. The van der Waals surface area contributed by atoms with Crippen molar-refractivity contribution in [3.05, 3.63) is 0 Å². The van der Waals surface area contributed by atoms with Gasteiger partial charge in [0.25, 0.3) is 0 Å². The van der Waals surface area contributed by atoms with Gasteiger partial charge < -0.3 is 19.3 Å². The molecule has 0 aromatic carbocycles. The normalized spacial score (nSPS) is 25.6. The second-order valence-electron chi connectivity index (χ2n) is 5.00. The van der Waals surface area contributed by atoms with Gasteiger partial charge in [0.15, 0.2) is 6.10 Å². The predicted octanol–water partition coefficient (Wildman–Crippen LogP) is 1.19. The van der Waals surface area contributed by atoms with E-state index < -0.39 is 30.3 Å². The topological polar surface area (TPSA) is 82.1 Å². The zero-order valence-electron chi connectivity index (χ0n) is 12.3. The number of rotatable bonds is 6. The van der Waals surface area contributed by atoms with E-state index in [-0.39, 0.29) is 6.10 Å². The van der Waals surface area contributed by atoms with Gasteiger partial charge in [-0.1, -0.05) is 6.42 Å². The quantitative estimate of drug-likeness (QED) is 0.739. The maximum Gasteiger partial charge on any atom is 0.335 e. The zero-order chi connectivity index (χ0) is 15.1. The third-order valence-electron chi connectivity index (χ3n) is 3.25. The first-order valence-electron chi connectivity index (χ1n) is 7.16. The average molecular weight is 288 g/mol. The SMILES string of the molecule is CCOC(=O)C(C)OC1CCCCC1OC(=O)C(C)O. The summed E-state index contributed by atoms with van der Waals surface area (Å²) in [6.07, 6.45) is 0.716. The number of carbonyl (C=O) groups is 2. The van der Waals surface area contributed by atoms with E-state index in [2.05, 4.69) is 0 Å². The number of hydrogen-bond donors (Lipinski definition) is 1. The van der Waals surface area contributed by atoms with Crippen LogP contribution in [-0.4, -0.2) is 48.1 Å². The molecule has 1 N–H and O–H groups in total. The summed E-state index contributed by atoms with van der Waals surface area (Å²) in [5.41, 5.74) is 0. The summed E-state index contributed by atoms with van der Waals surface area (Å²) in [7, 11) is 0. The smallest absolute Gasteiger partial charge is 0.335 e. The Hall–Kier alpha value is -1.14. The molecule has 4 atom stereocenters. The molecule has 0 bridgehead atoms. The average Bonchev–Trinajstić information content (AvgIpc) is 2.40. The van der Waals surface area contributed by atoms with E-state index in [1.54, 1.807) is 13.8 Å². The highest BCUT2D eigenvalue weighted by Gasteiger charge is 2.32. The molecule has 0 aromatic heterocycles. The lowest BCUT2D eigenvalue weighted by Crippen LogP contribution is -2.41. The summed E-state index contributed by atoms with van der Waals surface area (Å²) >= 11 is 0. The minimum atomic E-state index is -1.15. The van der Waals surface area contributed by atoms with Crippen molar-refractivity contribution in [3.63, 3.8) is 0 Å². The Morgan fingerprint density at radius 2 is 1.75 bits per heavy atom. The first-order chi connectivity index (χ1) is 9.45. The van der Waals surface area contributed by atoms with Crippen LogP contribution in [0.3, 0.4) is 0 Å². The Balaban J connectivity index is 2.55. The van der Waals surface area contributed by atoms with E-state index in [1.807, 2.05) is 0 Å². The lowest BCUT2D eigenvalue weighted by atomic mass is 9.94. The molecule has 0 saturated heterocycles. The maximum atomic E-state index is 11.6. The first-order valence-corrected chi connectivity index (χ1v) is 7.16. The lowest BCUT2D eigenvalue weighted by Gasteiger charge is -2.32. The number of ether oxygens (including phenoxy) is 3. The largest absolute Gasteiger partial charge is 0.464 e. The molecule has 6 nitrogen and oxygen atoms in total. The molecule has 1 fully saturated rings. The zero-order valence-corrected chi connectivity index (χ0v) is 12.3. The van der Waals surface area contributed by atoms with Gasteiger partial charge in [0.2, 0.25) is 0 Å². The molecule has 0 aromatic rings. The summed E-state index contributed by atoms with van der Waals surface area (Å²) in [5.74, 6) is -1.08. The van der Waals surface area contributed by atoms with Gasteiger partial charge in [0.1, 0.15) is 12.2 Å². The lowest BCUT2D eigenvalue weighted by molar-refractivity contribution is -0.179. The Morgan fingerprint density at radius 3 is 2.30 bits per heavy atom. The molecule has 0 amide bonds. The fourth-order valence-electron chi connectivity index (χ4n) is 2.18. The highest BCUT2D eigenvalue weighted by molar-refractivity contribution is 5.74. The predicted molar refractivity (Wildman–Crippen MR) is 71.0 cm³/mol. The van der Waals surface area contributed by atoms with Gasteiger partial charge in [-0.3, -0.25) is 0 Å². The molecule has 4 unspecified atom stereocenters. The van der Waals surface area contributed by atoms with Crippen LogP contribution in [0.4, 0.5) is 0 Å². The molecule has 0 heterocycles. The molecule has 1 aliphatic rings. The number of hydrogen-bond acceptors (Lipinski definition) is 6. The van der Waals surface area contributed by atoms with Crippen molar-refractivity contribution < 1.29 is 28.9 Å². The minimum absolute atomic E-state index is 0.303. The van der Waals surface area contributed by atoms with E-state index in [9.17, 15) is 14.7 Å². The van der Waals surface area contributed by atoms with Crippen LogP contribution >= 0.6 is 0 Å². The third-order valence-corrected chi connectivity index (χ3v) is 3.25. The van der Waals surface area contributed by atoms with Gasteiger partial charge in [-0.25, -0.2) is 9.59 Å². The van der Waals surface area contributed by atoms with Crippen LogP contribution in [0.2, 0.25) is 0 Å². The summed E-state index contributed by atoms with van der Waals surface area (Å²) < 4.78 is 15.8. The molecule has 1 rings (SSSR count). The number of aliphatic hydroxyl groups is 1. The van der Waals surface area contributed by atoms with E-state index in [0.29, 0.717) is 13.0 Å². The molecule has 0 aliphatic heterocycles. The van der Waals surface area contributed by atoms with Crippen molar-refractivity contribution in [1.29, 1.82) is 0 Å². The van der Waals surface area contributed by atoms with Crippen LogP contribution in [0, 0.1) is 0 Å². The van der Waals surface area contributed by atoms with Gasteiger partial charge in [0, 0.05) is 0 Å². The van der Waals surface area contributed by atoms with E-state index in [0.717, 1.165) is 19.3 Å². The van der Waals surface area contributed by atoms with Crippen molar-refractivity contribution in [2.24, 2.45) is 0 Å². The molecule has 1 saturated carbocycles. The molecule has 1 aliphatic carbocycles. The van der Waals surface area contributed by atoms with Gasteiger partial charge in [-0.05, 0) is 40.0 Å². The molecule has 20 heavy (non-hydrogen) atoms. The van der Waals surface area contributed by atoms with Gasteiger partial charge in [-0.2, -0.15) is 0 Å². The summed E-state index contributed by atoms with van der Waals surface area (Å²) in [6, 6.07) is 0. The first kappa shape index (κ1) is 16.9. The van der Waals surface area contributed by atoms with Crippen LogP contribution in [0.1, 0.15) is 46.5 Å². The summed E-state index contributed by atoms with van der Waals surface area (Å²) in [4.78, 5) is 23.0. The van der Waals surface area contributed by atoms with E-state index >= 15 is 0 Å². The van der Waals surface area contributed by atoms with Crippen LogP contribution in [0.25, 0.3) is 0 Å². The van der Waals surface area contributed by atoms with Crippen molar-refractivity contribution in [3.8, 4) is 0 Å². The fourth-order valence-corrected chi connectivity index (χ4v) is 2.18. The minimum Gasteiger partial charge on any atom is -0.464 e. The van der Waals surface area contributed by atoms with Gasteiger partial charge in [-0.15, -0.1) is 0 Å². The molecule has 0 spiro atoms. The molecular weight excluding hydrogens is 264 g/mol. The number of aliphatic hydroxyl groups excluding tert-OH is 1. The van der Waals surface area contributed by atoms with E-state index in [4.69, 9.17) is 14.2 Å². The highest BCUT2D eigenvalue weighted by Crippen LogP contribution is 2.25.